The molecule has 2 aliphatic rings. The molecule has 0 spiro atoms. The van der Waals surface area contributed by atoms with Gasteiger partial charge in [0.25, 0.3) is 0 Å². The predicted molar refractivity (Wildman–Crippen MR) is 71.3 cm³/mol. The van der Waals surface area contributed by atoms with Crippen molar-refractivity contribution in [2.24, 2.45) is 0 Å². The minimum Gasteiger partial charge on any atom is -0.383 e. The first-order valence-electron chi connectivity index (χ1n) is 6.96. The van der Waals surface area contributed by atoms with Gasteiger partial charge in [-0.25, -0.2) is 0 Å². The molecule has 0 aromatic carbocycles. The number of aryl methyl sites for hydroxylation is 1. The van der Waals surface area contributed by atoms with Crippen LogP contribution < -0.4 is 0 Å². The van der Waals surface area contributed by atoms with E-state index in [-0.39, 0.29) is 0 Å². The van der Waals surface area contributed by atoms with Crippen LogP contribution in [0.4, 0.5) is 0 Å². The predicted octanol–water partition coefficient (Wildman–Crippen LogP) is 2.22. The van der Waals surface area contributed by atoms with Crippen LogP contribution in [0.1, 0.15) is 43.4 Å². The van der Waals surface area contributed by atoms with Crippen molar-refractivity contribution in [3.8, 4) is 0 Å². The smallest absolute Gasteiger partial charge is 0.109 e. The lowest BCUT2D eigenvalue weighted by Gasteiger charge is -2.50. The Morgan fingerprint density at radius 1 is 1.28 bits per heavy atom. The third kappa shape index (κ3) is 1.95. The largest absolute Gasteiger partial charge is 0.383 e. The first-order valence-corrected chi connectivity index (χ1v) is 6.96. The van der Waals surface area contributed by atoms with Crippen LogP contribution in [0.2, 0.25) is 0 Å². The van der Waals surface area contributed by atoms with Crippen LogP contribution >= 0.6 is 0 Å². The summed E-state index contributed by atoms with van der Waals surface area (Å²) in [6, 6.07) is 5.08. The first-order chi connectivity index (χ1) is 8.58. The van der Waals surface area contributed by atoms with Gasteiger partial charge in [-0.3, -0.25) is 4.98 Å². The second kappa shape index (κ2) is 4.32. The topological polar surface area (TPSA) is 36.4 Å². The molecule has 2 atom stereocenters. The molecule has 2 aliphatic heterocycles. The van der Waals surface area contributed by atoms with E-state index in [0.717, 1.165) is 24.1 Å². The van der Waals surface area contributed by atoms with Crippen LogP contribution in [0.3, 0.4) is 0 Å². The number of rotatable bonds is 1. The zero-order chi connectivity index (χ0) is 12.8. The van der Waals surface area contributed by atoms with Crippen molar-refractivity contribution in [3.05, 3.63) is 29.6 Å². The zero-order valence-corrected chi connectivity index (χ0v) is 11.3. The molecular formula is C15H22N2O. The van der Waals surface area contributed by atoms with E-state index in [1.807, 2.05) is 19.2 Å². The Kier molecular flexibility index (Phi) is 2.91. The first kappa shape index (κ1) is 12.1. The van der Waals surface area contributed by atoms with Crippen LogP contribution in [0, 0.1) is 6.92 Å². The van der Waals surface area contributed by atoms with Crippen molar-refractivity contribution in [2.45, 2.75) is 56.7 Å². The van der Waals surface area contributed by atoms with Crippen LogP contribution in [0.5, 0.6) is 0 Å². The van der Waals surface area contributed by atoms with Gasteiger partial charge < -0.3 is 10.0 Å². The van der Waals surface area contributed by atoms with Gasteiger partial charge >= 0.3 is 0 Å². The monoisotopic (exact) mass is 246 g/mol. The van der Waals surface area contributed by atoms with E-state index in [1.165, 1.54) is 19.3 Å². The highest BCUT2D eigenvalue weighted by Crippen LogP contribution is 2.42. The summed E-state index contributed by atoms with van der Waals surface area (Å²) in [5, 5.41) is 11.0. The molecule has 3 heterocycles. The molecular weight excluding hydrogens is 224 g/mol. The lowest BCUT2D eigenvalue weighted by Crippen LogP contribution is -2.55. The van der Waals surface area contributed by atoms with Gasteiger partial charge in [0.2, 0.25) is 0 Å². The van der Waals surface area contributed by atoms with Gasteiger partial charge in [0.15, 0.2) is 0 Å². The molecule has 3 heteroatoms. The normalized spacial score (nSPS) is 36.6. The maximum atomic E-state index is 11.0. The SMILES string of the molecule is Cc1ccc(C2(O)CC3CCCC(C2)N3C)nc1. The summed E-state index contributed by atoms with van der Waals surface area (Å²) in [5.41, 5.74) is 1.30. The molecule has 3 nitrogen and oxygen atoms in total. The van der Waals surface area contributed by atoms with E-state index in [0.29, 0.717) is 12.1 Å². The highest BCUT2D eigenvalue weighted by molar-refractivity contribution is 5.20. The highest BCUT2D eigenvalue weighted by Gasteiger charge is 2.45. The number of hydrogen-bond donors (Lipinski definition) is 1. The van der Waals surface area contributed by atoms with E-state index in [4.69, 9.17) is 0 Å². The van der Waals surface area contributed by atoms with Crippen LogP contribution in [0.25, 0.3) is 0 Å². The fourth-order valence-corrected chi connectivity index (χ4v) is 3.60. The van der Waals surface area contributed by atoms with E-state index >= 15 is 0 Å². The maximum Gasteiger partial charge on any atom is 0.109 e. The second-order valence-electron chi connectivity index (χ2n) is 6.06. The van der Waals surface area contributed by atoms with Crippen molar-refractivity contribution in [2.75, 3.05) is 7.05 Å². The minimum atomic E-state index is -0.712. The summed E-state index contributed by atoms with van der Waals surface area (Å²) < 4.78 is 0. The van der Waals surface area contributed by atoms with Crippen molar-refractivity contribution in [1.29, 1.82) is 0 Å². The Labute approximate surface area is 109 Å². The Bertz CT molecular complexity index is 415. The lowest BCUT2D eigenvalue weighted by molar-refractivity contribution is -0.0898. The van der Waals surface area contributed by atoms with Crippen molar-refractivity contribution < 1.29 is 5.11 Å². The molecule has 2 bridgehead atoms. The Hall–Kier alpha value is -0.930. The van der Waals surface area contributed by atoms with Crippen LogP contribution in [-0.4, -0.2) is 34.1 Å². The number of aromatic nitrogens is 1. The molecule has 98 valence electrons. The van der Waals surface area contributed by atoms with Crippen molar-refractivity contribution >= 4 is 0 Å². The Morgan fingerprint density at radius 3 is 2.50 bits per heavy atom. The van der Waals surface area contributed by atoms with E-state index in [1.54, 1.807) is 0 Å². The Balaban J connectivity index is 1.89. The standard InChI is InChI=1S/C15H22N2O/c1-11-6-7-14(16-10-11)15(18)8-12-4-3-5-13(9-15)17(12)2/h6-7,10,12-13,18H,3-5,8-9H2,1-2H3. The van der Waals surface area contributed by atoms with Gasteiger partial charge in [0, 0.05) is 18.3 Å². The van der Waals surface area contributed by atoms with Gasteiger partial charge in [-0.15, -0.1) is 0 Å². The molecule has 1 N–H and O–H groups in total. The van der Waals surface area contributed by atoms with Crippen molar-refractivity contribution in [1.82, 2.24) is 9.88 Å². The van der Waals surface area contributed by atoms with E-state index < -0.39 is 5.60 Å². The molecule has 2 fully saturated rings. The number of pyridine rings is 1. The van der Waals surface area contributed by atoms with Gasteiger partial charge in [-0.1, -0.05) is 12.5 Å². The van der Waals surface area contributed by atoms with Crippen LogP contribution in [0.15, 0.2) is 18.3 Å². The fraction of sp³-hybridized carbons (Fsp3) is 0.667. The number of fused-ring (bicyclic) bond motifs is 2. The van der Waals surface area contributed by atoms with E-state index in [2.05, 4.69) is 23.0 Å². The number of nitrogens with zero attached hydrogens (tertiary/aromatic N) is 2. The molecule has 0 saturated carbocycles. The lowest BCUT2D eigenvalue weighted by atomic mass is 9.74. The van der Waals surface area contributed by atoms with Gasteiger partial charge in [0.05, 0.1) is 5.69 Å². The number of hydrogen-bond acceptors (Lipinski definition) is 3. The zero-order valence-electron chi connectivity index (χ0n) is 11.3. The Morgan fingerprint density at radius 2 is 1.94 bits per heavy atom. The quantitative estimate of drug-likeness (QED) is 0.825. The molecule has 0 radical (unpaired) electrons. The summed E-state index contributed by atoms with van der Waals surface area (Å²) in [6.07, 6.45) is 7.24. The molecule has 2 unspecified atom stereocenters. The van der Waals surface area contributed by atoms with Gasteiger partial charge in [-0.05, 0) is 51.3 Å². The average molecular weight is 246 g/mol. The summed E-state index contributed by atoms with van der Waals surface area (Å²) in [5.74, 6) is 0. The van der Waals surface area contributed by atoms with E-state index in [9.17, 15) is 5.11 Å². The maximum absolute atomic E-state index is 11.0. The third-order valence-corrected chi connectivity index (χ3v) is 4.76. The molecule has 3 rings (SSSR count). The summed E-state index contributed by atoms with van der Waals surface area (Å²) in [7, 11) is 2.21. The number of piperidine rings is 2. The molecule has 1 aromatic rings. The summed E-state index contributed by atoms with van der Waals surface area (Å²) >= 11 is 0. The molecule has 18 heavy (non-hydrogen) atoms. The summed E-state index contributed by atoms with van der Waals surface area (Å²) in [6.45, 7) is 2.03. The second-order valence-corrected chi connectivity index (χ2v) is 6.06. The van der Waals surface area contributed by atoms with Crippen LogP contribution in [-0.2, 0) is 5.60 Å². The molecule has 1 aromatic heterocycles. The number of aliphatic hydroxyl groups is 1. The van der Waals surface area contributed by atoms with Gasteiger partial charge in [-0.2, -0.15) is 0 Å². The van der Waals surface area contributed by atoms with Gasteiger partial charge in [0.1, 0.15) is 5.60 Å². The molecule has 2 saturated heterocycles. The molecule has 0 amide bonds. The average Bonchev–Trinajstić information content (AvgIpc) is 2.32. The highest BCUT2D eigenvalue weighted by atomic mass is 16.3. The van der Waals surface area contributed by atoms with Crippen molar-refractivity contribution in [3.63, 3.8) is 0 Å². The third-order valence-electron chi connectivity index (χ3n) is 4.76. The summed E-state index contributed by atoms with van der Waals surface area (Å²) in [4.78, 5) is 6.92. The minimum absolute atomic E-state index is 0.519. The fourth-order valence-electron chi connectivity index (χ4n) is 3.60. The molecule has 0 aliphatic carbocycles.